The summed E-state index contributed by atoms with van der Waals surface area (Å²) < 4.78 is 0. The summed E-state index contributed by atoms with van der Waals surface area (Å²) in [6.07, 6.45) is 2.32. The molecule has 1 heterocycles. The van der Waals surface area contributed by atoms with E-state index in [0.717, 1.165) is 38.0 Å². The third kappa shape index (κ3) is 3.37. The lowest BCUT2D eigenvalue weighted by Gasteiger charge is -2.31. The van der Waals surface area contributed by atoms with Crippen molar-refractivity contribution in [3.8, 4) is 11.5 Å². The van der Waals surface area contributed by atoms with Gasteiger partial charge in [-0.3, -0.25) is 0 Å². The van der Waals surface area contributed by atoms with Crippen molar-refractivity contribution in [1.82, 2.24) is 10.2 Å². The van der Waals surface area contributed by atoms with E-state index in [9.17, 15) is 10.2 Å². The second kappa shape index (κ2) is 6.07. The third-order valence-electron chi connectivity index (χ3n) is 3.68. The average molecular weight is 250 g/mol. The van der Waals surface area contributed by atoms with E-state index in [-0.39, 0.29) is 11.5 Å². The van der Waals surface area contributed by atoms with Crippen LogP contribution in [0.15, 0.2) is 18.2 Å². The Morgan fingerprint density at radius 3 is 2.61 bits per heavy atom. The number of nitrogens with zero attached hydrogens (tertiary/aromatic N) is 1. The molecule has 0 unspecified atom stereocenters. The Labute approximate surface area is 108 Å². The highest BCUT2D eigenvalue weighted by molar-refractivity contribution is 5.38. The zero-order valence-electron chi connectivity index (χ0n) is 10.9. The molecule has 0 aromatic heterocycles. The molecule has 0 bridgehead atoms. The molecule has 1 aromatic rings. The maximum Gasteiger partial charge on any atom is 0.123 e. The lowest BCUT2D eigenvalue weighted by Crippen LogP contribution is -2.42. The number of rotatable bonds is 4. The average Bonchev–Trinajstić information content (AvgIpc) is 2.38. The number of phenolic OH excluding ortho intramolecular Hbond substituents is 2. The van der Waals surface area contributed by atoms with Crippen LogP contribution in [0.4, 0.5) is 0 Å². The van der Waals surface area contributed by atoms with E-state index in [2.05, 4.69) is 17.1 Å². The van der Waals surface area contributed by atoms with Crippen LogP contribution in [0.5, 0.6) is 11.5 Å². The number of piperidine rings is 1. The highest BCUT2D eigenvalue weighted by Gasteiger charge is 2.17. The first kappa shape index (κ1) is 13.2. The van der Waals surface area contributed by atoms with E-state index in [4.69, 9.17) is 0 Å². The van der Waals surface area contributed by atoms with Gasteiger partial charge in [-0.25, -0.2) is 0 Å². The summed E-state index contributed by atoms with van der Waals surface area (Å²) in [5.74, 6) is 0.265. The molecule has 0 amide bonds. The highest BCUT2D eigenvalue weighted by Crippen LogP contribution is 2.22. The van der Waals surface area contributed by atoms with Gasteiger partial charge < -0.3 is 20.4 Å². The molecule has 0 radical (unpaired) electrons. The Kier molecular flexibility index (Phi) is 4.44. The monoisotopic (exact) mass is 250 g/mol. The first-order valence-corrected chi connectivity index (χ1v) is 6.65. The Bertz CT molecular complexity index is 387. The summed E-state index contributed by atoms with van der Waals surface area (Å²) in [6, 6.07) is 5.28. The molecule has 0 spiro atoms. The predicted octanol–water partition coefficient (Wildman–Crippen LogP) is 1.67. The number of likely N-dealkylation sites (tertiary alicyclic amines) is 1. The van der Waals surface area contributed by atoms with Crippen LogP contribution >= 0.6 is 0 Å². The standard InChI is InChI=1S/C14H22N2O2/c1-2-16-7-5-12(6-8-16)15-10-11-3-4-13(17)9-14(11)18/h3-4,9,12,15,17-18H,2,5-8,10H2,1H3. The Morgan fingerprint density at radius 1 is 1.28 bits per heavy atom. The molecule has 1 aliphatic heterocycles. The van der Waals surface area contributed by atoms with Gasteiger partial charge in [-0.15, -0.1) is 0 Å². The smallest absolute Gasteiger partial charge is 0.123 e. The minimum Gasteiger partial charge on any atom is -0.508 e. The van der Waals surface area contributed by atoms with Gasteiger partial charge >= 0.3 is 0 Å². The number of nitrogens with one attached hydrogen (secondary N) is 1. The highest BCUT2D eigenvalue weighted by atomic mass is 16.3. The fourth-order valence-electron chi connectivity index (χ4n) is 2.41. The first-order valence-electron chi connectivity index (χ1n) is 6.65. The Hall–Kier alpha value is -1.26. The molecule has 4 nitrogen and oxygen atoms in total. The molecule has 0 aliphatic carbocycles. The summed E-state index contributed by atoms with van der Waals surface area (Å²) in [5, 5.41) is 22.4. The van der Waals surface area contributed by atoms with Crippen molar-refractivity contribution in [3.63, 3.8) is 0 Å². The van der Waals surface area contributed by atoms with Crippen molar-refractivity contribution in [3.05, 3.63) is 23.8 Å². The molecule has 1 fully saturated rings. The van der Waals surface area contributed by atoms with E-state index in [0.29, 0.717) is 12.6 Å². The zero-order chi connectivity index (χ0) is 13.0. The van der Waals surface area contributed by atoms with Gasteiger partial charge in [0.2, 0.25) is 0 Å². The summed E-state index contributed by atoms with van der Waals surface area (Å²) in [4.78, 5) is 2.45. The molecular formula is C14H22N2O2. The van der Waals surface area contributed by atoms with E-state index in [1.807, 2.05) is 0 Å². The molecule has 18 heavy (non-hydrogen) atoms. The quantitative estimate of drug-likeness (QED) is 0.761. The molecule has 1 aromatic carbocycles. The third-order valence-corrected chi connectivity index (χ3v) is 3.68. The van der Waals surface area contributed by atoms with Gasteiger partial charge in [0, 0.05) is 24.2 Å². The maximum absolute atomic E-state index is 9.69. The van der Waals surface area contributed by atoms with Crippen LogP contribution in [0, 0.1) is 0 Å². The van der Waals surface area contributed by atoms with E-state index in [1.165, 1.54) is 6.07 Å². The van der Waals surface area contributed by atoms with Crippen molar-refractivity contribution < 1.29 is 10.2 Å². The molecule has 3 N–H and O–H groups in total. The van der Waals surface area contributed by atoms with Crippen molar-refractivity contribution >= 4 is 0 Å². The summed E-state index contributed by atoms with van der Waals surface area (Å²) in [7, 11) is 0. The second-order valence-electron chi connectivity index (χ2n) is 4.90. The van der Waals surface area contributed by atoms with Crippen LogP contribution in [-0.4, -0.2) is 40.8 Å². The SMILES string of the molecule is CCN1CCC(NCc2ccc(O)cc2O)CC1. The van der Waals surface area contributed by atoms with Crippen molar-refractivity contribution in [2.24, 2.45) is 0 Å². The van der Waals surface area contributed by atoms with Gasteiger partial charge in [-0.2, -0.15) is 0 Å². The number of hydrogen-bond donors (Lipinski definition) is 3. The number of aromatic hydroxyl groups is 2. The van der Waals surface area contributed by atoms with E-state index < -0.39 is 0 Å². The maximum atomic E-state index is 9.69. The summed E-state index contributed by atoms with van der Waals surface area (Å²) in [5.41, 5.74) is 0.839. The second-order valence-corrected chi connectivity index (χ2v) is 4.90. The largest absolute Gasteiger partial charge is 0.508 e. The minimum atomic E-state index is 0.104. The van der Waals surface area contributed by atoms with Crippen LogP contribution in [-0.2, 0) is 6.54 Å². The van der Waals surface area contributed by atoms with Crippen LogP contribution in [0.1, 0.15) is 25.3 Å². The van der Waals surface area contributed by atoms with Crippen molar-refractivity contribution in [2.75, 3.05) is 19.6 Å². The van der Waals surface area contributed by atoms with Gasteiger partial charge in [-0.1, -0.05) is 13.0 Å². The van der Waals surface area contributed by atoms with Crippen LogP contribution in [0.25, 0.3) is 0 Å². The number of phenols is 2. The van der Waals surface area contributed by atoms with Crippen LogP contribution in [0.3, 0.4) is 0 Å². The molecule has 100 valence electrons. The number of hydrogen-bond acceptors (Lipinski definition) is 4. The van der Waals surface area contributed by atoms with Gasteiger partial charge in [0.25, 0.3) is 0 Å². The summed E-state index contributed by atoms with van der Waals surface area (Å²) in [6.45, 7) is 6.28. The lowest BCUT2D eigenvalue weighted by atomic mass is 10.0. The molecular weight excluding hydrogens is 228 g/mol. The predicted molar refractivity (Wildman–Crippen MR) is 71.7 cm³/mol. The topological polar surface area (TPSA) is 55.7 Å². The number of benzene rings is 1. The Morgan fingerprint density at radius 2 is 2.00 bits per heavy atom. The van der Waals surface area contributed by atoms with Gasteiger partial charge in [0.15, 0.2) is 0 Å². The van der Waals surface area contributed by atoms with Gasteiger partial charge in [-0.05, 0) is 38.5 Å². The van der Waals surface area contributed by atoms with Crippen molar-refractivity contribution in [2.45, 2.75) is 32.4 Å². The van der Waals surface area contributed by atoms with E-state index >= 15 is 0 Å². The fourth-order valence-corrected chi connectivity index (χ4v) is 2.41. The fraction of sp³-hybridized carbons (Fsp3) is 0.571. The molecule has 2 rings (SSSR count). The summed E-state index contributed by atoms with van der Waals surface area (Å²) >= 11 is 0. The molecule has 1 saturated heterocycles. The first-order chi connectivity index (χ1) is 8.69. The zero-order valence-corrected chi connectivity index (χ0v) is 10.9. The molecule has 0 saturated carbocycles. The van der Waals surface area contributed by atoms with Crippen molar-refractivity contribution in [1.29, 1.82) is 0 Å². The van der Waals surface area contributed by atoms with Crippen LogP contribution in [0.2, 0.25) is 0 Å². The lowest BCUT2D eigenvalue weighted by molar-refractivity contribution is 0.205. The Balaban J connectivity index is 1.81. The van der Waals surface area contributed by atoms with Gasteiger partial charge in [0.05, 0.1) is 0 Å². The van der Waals surface area contributed by atoms with E-state index in [1.54, 1.807) is 12.1 Å². The molecule has 4 heteroatoms. The van der Waals surface area contributed by atoms with Crippen LogP contribution < -0.4 is 5.32 Å². The molecule has 1 aliphatic rings. The normalized spacial score (nSPS) is 18.1. The molecule has 0 atom stereocenters. The minimum absolute atomic E-state index is 0.104. The van der Waals surface area contributed by atoms with Gasteiger partial charge in [0.1, 0.15) is 11.5 Å².